The van der Waals surface area contributed by atoms with Crippen LogP contribution >= 0.6 is 11.6 Å². The second-order valence-electron chi connectivity index (χ2n) is 4.90. The molecule has 1 aromatic heterocycles. The minimum atomic E-state index is -0.355. The maximum absolute atomic E-state index is 13.1. The van der Waals surface area contributed by atoms with E-state index < -0.39 is 0 Å². The van der Waals surface area contributed by atoms with Crippen molar-refractivity contribution in [1.82, 2.24) is 9.78 Å². The topological polar surface area (TPSA) is 46.9 Å². The summed E-state index contributed by atoms with van der Waals surface area (Å²) in [7, 11) is 1.68. The molecule has 0 atom stereocenters. The normalized spacial score (nSPS) is 10.7. The lowest BCUT2D eigenvalue weighted by molar-refractivity contribution is 0.101. The summed E-state index contributed by atoms with van der Waals surface area (Å²) in [5.41, 5.74) is 2.22. The average molecular weight is 310 g/mol. The number of aryl methyl sites for hydroxylation is 3. The molecule has 0 saturated heterocycles. The fourth-order valence-electron chi connectivity index (χ4n) is 2.15. The van der Waals surface area contributed by atoms with Gasteiger partial charge in [0, 0.05) is 12.7 Å². The van der Waals surface area contributed by atoms with Crippen LogP contribution in [0.4, 0.5) is 10.1 Å². The SMILES string of the molecule is CCCc1nn(C)c(C(=O)Nc2ccc(F)cc2C)c1Cl. The van der Waals surface area contributed by atoms with Crippen LogP contribution in [0.2, 0.25) is 5.02 Å². The number of benzene rings is 1. The molecule has 112 valence electrons. The van der Waals surface area contributed by atoms with Gasteiger partial charge in [-0.15, -0.1) is 0 Å². The van der Waals surface area contributed by atoms with Crippen LogP contribution in [0.5, 0.6) is 0 Å². The standard InChI is InChI=1S/C15H17ClFN3O/c1-4-5-12-13(16)14(20(3)19-12)15(21)18-11-7-6-10(17)8-9(11)2/h6-8H,4-5H2,1-3H3,(H,18,21). The summed E-state index contributed by atoms with van der Waals surface area (Å²) >= 11 is 6.23. The van der Waals surface area contributed by atoms with Gasteiger partial charge < -0.3 is 5.32 Å². The predicted molar refractivity (Wildman–Crippen MR) is 81.3 cm³/mol. The van der Waals surface area contributed by atoms with Gasteiger partial charge in [-0.05, 0) is 37.1 Å². The fraction of sp³-hybridized carbons (Fsp3) is 0.333. The van der Waals surface area contributed by atoms with E-state index in [1.54, 1.807) is 14.0 Å². The molecule has 0 radical (unpaired) electrons. The van der Waals surface area contributed by atoms with Gasteiger partial charge in [-0.25, -0.2) is 4.39 Å². The van der Waals surface area contributed by atoms with Gasteiger partial charge in [-0.3, -0.25) is 9.48 Å². The van der Waals surface area contributed by atoms with E-state index in [1.165, 1.54) is 22.9 Å². The van der Waals surface area contributed by atoms with Crippen molar-refractivity contribution in [3.05, 3.63) is 46.0 Å². The Morgan fingerprint density at radius 2 is 2.19 bits per heavy atom. The quantitative estimate of drug-likeness (QED) is 0.935. The number of hydrogen-bond donors (Lipinski definition) is 1. The van der Waals surface area contributed by atoms with Crippen LogP contribution in [0.15, 0.2) is 18.2 Å². The Kier molecular flexibility index (Phi) is 4.63. The van der Waals surface area contributed by atoms with Crippen molar-refractivity contribution in [3.8, 4) is 0 Å². The maximum atomic E-state index is 13.1. The molecule has 4 nitrogen and oxygen atoms in total. The van der Waals surface area contributed by atoms with Crippen LogP contribution in [-0.4, -0.2) is 15.7 Å². The molecule has 0 spiro atoms. The number of nitrogens with one attached hydrogen (secondary N) is 1. The Hall–Kier alpha value is -1.88. The molecule has 0 unspecified atom stereocenters. The Bertz CT molecular complexity index is 682. The molecule has 1 amide bonds. The van der Waals surface area contributed by atoms with Gasteiger partial charge in [0.1, 0.15) is 11.5 Å². The molecule has 0 aliphatic carbocycles. The highest BCUT2D eigenvalue weighted by Gasteiger charge is 2.20. The summed E-state index contributed by atoms with van der Waals surface area (Å²) in [5.74, 6) is -0.693. The summed E-state index contributed by atoms with van der Waals surface area (Å²) < 4.78 is 14.6. The van der Waals surface area contributed by atoms with Crippen molar-refractivity contribution in [2.75, 3.05) is 5.32 Å². The molecule has 2 aromatic rings. The minimum absolute atomic E-state index is 0.309. The number of aromatic nitrogens is 2. The van der Waals surface area contributed by atoms with Crippen LogP contribution in [0, 0.1) is 12.7 Å². The number of rotatable bonds is 4. The Morgan fingerprint density at radius 1 is 1.48 bits per heavy atom. The Labute approximate surface area is 127 Å². The highest BCUT2D eigenvalue weighted by Crippen LogP contribution is 2.23. The van der Waals surface area contributed by atoms with Crippen LogP contribution in [0.1, 0.15) is 35.1 Å². The summed E-state index contributed by atoms with van der Waals surface area (Å²) in [6.07, 6.45) is 1.62. The lowest BCUT2D eigenvalue weighted by Gasteiger charge is -2.08. The number of carbonyl (C=O) groups is 1. The molecule has 1 aromatic carbocycles. The van der Waals surface area contributed by atoms with Gasteiger partial charge in [0.15, 0.2) is 0 Å². The first-order valence-corrected chi connectivity index (χ1v) is 7.10. The zero-order chi connectivity index (χ0) is 15.6. The lowest BCUT2D eigenvalue weighted by atomic mass is 10.2. The summed E-state index contributed by atoms with van der Waals surface area (Å²) in [4.78, 5) is 12.4. The zero-order valence-electron chi connectivity index (χ0n) is 12.2. The number of halogens is 2. The van der Waals surface area contributed by atoms with E-state index in [2.05, 4.69) is 10.4 Å². The van der Waals surface area contributed by atoms with Crippen molar-refractivity contribution in [2.45, 2.75) is 26.7 Å². The lowest BCUT2D eigenvalue weighted by Crippen LogP contribution is -2.17. The molecule has 1 heterocycles. The molecule has 0 bridgehead atoms. The van der Waals surface area contributed by atoms with E-state index in [9.17, 15) is 9.18 Å². The van der Waals surface area contributed by atoms with Gasteiger partial charge in [-0.1, -0.05) is 24.9 Å². The number of amides is 1. The number of anilines is 1. The Balaban J connectivity index is 2.28. The first kappa shape index (κ1) is 15.5. The number of carbonyl (C=O) groups excluding carboxylic acids is 1. The molecule has 0 aliphatic rings. The van der Waals surface area contributed by atoms with E-state index in [4.69, 9.17) is 11.6 Å². The number of nitrogens with zero attached hydrogens (tertiary/aromatic N) is 2. The van der Waals surface area contributed by atoms with Crippen LogP contribution in [0.25, 0.3) is 0 Å². The molecule has 0 saturated carbocycles. The largest absolute Gasteiger partial charge is 0.320 e. The average Bonchev–Trinajstić information content (AvgIpc) is 2.68. The molecule has 0 fully saturated rings. The fourth-order valence-corrected chi connectivity index (χ4v) is 2.49. The molecule has 21 heavy (non-hydrogen) atoms. The predicted octanol–water partition coefficient (Wildman–Crippen LogP) is 3.73. The molecule has 6 heteroatoms. The molecule has 0 aliphatic heterocycles. The van der Waals surface area contributed by atoms with Crippen LogP contribution in [0.3, 0.4) is 0 Å². The van der Waals surface area contributed by atoms with Crippen molar-refractivity contribution < 1.29 is 9.18 Å². The van der Waals surface area contributed by atoms with E-state index in [0.29, 0.717) is 27.7 Å². The highest BCUT2D eigenvalue weighted by atomic mass is 35.5. The highest BCUT2D eigenvalue weighted by molar-refractivity contribution is 6.34. The first-order chi connectivity index (χ1) is 9.93. The third-order valence-electron chi connectivity index (χ3n) is 3.19. The second-order valence-corrected chi connectivity index (χ2v) is 5.27. The summed E-state index contributed by atoms with van der Waals surface area (Å²) in [6, 6.07) is 4.19. The van der Waals surface area contributed by atoms with Gasteiger partial charge in [-0.2, -0.15) is 5.10 Å². The smallest absolute Gasteiger partial charge is 0.275 e. The van der Waals surface area contributed by atoms with Crippen molar-refractivity contribution in [1.29, 1.82) is 0 Å². The monoisotopic (exact) mass is 309 g/mol. The van der Waals surface area contributed by atoms with Crippen molar-refractivity contribution >= 4 is 23.2 Å². The van der Waals surface area contributed by atoms with E-state index in [-0.39, 0.29) is 11.7 Å². The summed E-state index contributed by atoms with van der Waals surface area (Å²) in [5, 5.41) is 7.37. The van der Waals surface area contributed by atoms with E-state index in [0.717, 1.165) is 12.8 Å². The second kappa shape index (κ2) is 6.26. The third kappa shape index (κ3) is 3.24. The van der Waals surface area contributed by atoms with Gasteiger partial charge in [0.2, 0.25) is 0 Å². The van der Waals surface area contributed by atoms with Crippen molar-refractivity contribution in [3.63, 3.8) is 0 Å². The number of hydrogen-bond acceptors (Lipinski definition) is 2. The zero-order valence-corrected chi connectivity index (χ0v) is 13.0. The van der Waals surface area contributed by atoms with Gasteiger partial charge in [0.05, 0.1) is 10.7 Å². The van der Waals surface area contributed by atoms with Crippen LogP contribution in [-0.2, 0) is 13.5 Å². The van der Waals surface area contributed by atoms with E-state index >= 15 is 0 Å². The molecular weight excluding hydrogens is 293 g/mol. The molecule has 1 N–H and O–H groups in total. The maximum Gasteiger partial charge on any atom is 0.275 e. The summed E-state index contributed by atoms with van der Waals surface area (Å²) in [6.45, 7) is 3.75. The van der Waals surface area contributed by atoms with Gasteiger partial charge >= 0.3 is 0 Å². The molecule has 2 rings (SSSR count). The first-order valence-electron chi connectivity index (χ1n) is 6.73. The van der Waals surface area contributed by atoms with E-state index in [1.807, 2.05) is 6.92 Å². The third-order valence-corrected chi connectivity index (χ3v) is 3.59. The minimum Gasteiger partial charge on any atom is -0.320 e. The molecular formula is C15H17ClFN3O. The van der Waals surface area contributed by atoms with Gasteiger partial charge in [0.25, 0.3) is 5.91 Å². The Morgan fingerprint density at radius 3 is 2.81 bits per heavy atom. The van der Waals surface area contributed by atoms with Crippen LogP contribution < -0.4 is 5.32 Å². The van der Waals surface area contributed by atoms with Crippen molar-refractivity contribution in [2.24, 2.45) is 7.05 Å².